The predicted molar refractivity (Wildman–Crippen MR) is 86.5 cm³/mol. The van der Waals surface area contributed by atoms with Crippen LogP contribution in [0.3, 0.4) is 0 Å². The second-order valence-electron chi connectivity index (χ2n) is 5.63. The summed E-state index contributed by atoms with van der Waals surface area (Å²) in [5.74, 6) is 0. The molecule has 0 saturated heterocycles. The molecular weight excluding hydrogens is 262 g/mol. The molecule has 1 aliphatic rings. The Balaban J connectivity index is 1.85. The van der Waals surface area contributed by atoms with Crippen LogP contribution in [-0.2, 0) is 0 Å². The normalized spacial score (nSPS) is 15.0. The van der Waals surface area contributed by atoms with Crippen molar-refractivity contribution in [3.05, 3.63) is 42.5 Å². The van der Waals surface area contributed by atoms with E-state index < -0.39 is 0 Å². The van der Waals surface area contributed by atoms with Gasteiger partial charge >= 0.3 is 0 Å². The molecule has 0 N–H and O–H groups in total. The number of furan rings is 1. The van der Waals surface area contributed by atoms with E-state index >= 15 is 0 Å². The van der Waals surface area contributed by atoms with Crippen molar-refractivity contribution in [3.8, 4) is 0 Å². The fourth-order valence-electron chi connectivity index (χ4n) is 2.75. The molecule has 2 heterocycles. The lowest BCUT2D eigenvalue weighted by Crippen LogP contribution is -2.30. The molecule has 0 bridgehead atoms. The lowest BCUT2D eigenvalue weighted by Gasteiger charge is -2.21. The maximum Gasteiger partial charge on any atom is 0.159 e. The Morgan fingerprint density at radius 3 is 2.67 bits per heavy atom. The second-order valence-corrected chi connectivity index (χ2v) is 5.63. The summed E-state index contributed by atoms with van der Waals surface area (Å²) in [5, 5.41) is 8.81. The molecule has 0 radical (unpaired) electrons. The molecule has 0 spiro atoms. The molecule has 1 aliphatic heterocycles. The summed E-state index contributed by atoms with van der Waals surface area (Å²) >= 11 is 0. The topological polar surface area (TPSA) is 32.0 Å². The number of anilines is 1. The van der Waals surface area contributed by atoms with E-state index in [9.17, 15) is 0 Å². The van der Waals surface area contributed by atoms with Crippen LogP contribution < -0.4 is 4.90 Å². The monoisotopic (exact) mass is 279 g/mol. The van der Waals surface area contributed by atoms with Crippen LogP contribution in [0.2, 0.25) is 0 Å². The molecule has 2 aromatic carbocycles. The first-order chi connectivity index (χ1) is 10.2. The summed E-state index contributed by atoms with van der Waals surface area (Å²) in [6.45, 7) is 5.04. The van der Waals surface area contributed by atoms with Gasteiger partial charge in [-0.2, -0.15) is 5.10 Å². The highest BCUT2D eigenvalue weighted by molar-refractivity contribution is 6.10. The average molecular weight is 279 g/mol. The number of benzene rings is 2. The second kappa shape index (κ2) is 4.52. The number of rotatable bonds is 2. The van der Waals surface area contributed by atoms with Crippen molar-refractivity contribution in [3.63, 3.8) is 0 Å². The molecule has 0 aliphatic carbocycles. The predicted octanol–water partition coefficient (Wildman–Crippen LogP) is 4.02. The molecule has 0 unspecified atom stereocenters. The van der Waals surface area contributed by atoms with E-state index in [0.29, 0.717) is 6.04 Å². The van der Waals surface area contributed by atoms with Crippen molar-refractivity contribution in [2.24, 2.45) is 5.10 Å². The number of hydrogen-bond donors (Lipinski definition) is 0. The van der Waals surface area contributed by atoms with Gasteiger partial charge in [0.1, 0.15) is 18.6 Å². The maximum atomic E-state index is 6.07. The molecule has 0 atom stereocenters. The van der Waals surface area contributed by atoms with E-state index in [1.807, 2.05) is 24.5 Å². The zero-order valence-electron chi connectivity index (χ0n) is 12.2. The van der Waals surface area contributed by atoms with Gasteiger partial charge in [-0.1, -0.05) is 30.3 Å². The number of nitrogens with zero attached hydrogens (tertiary/aromatic N) is 3. The first-order valence-corrected chi connectivity index (χ1v) is 7.21. The van der Waals surface area contributed by atoms with Crippen LogP contribution in [0.25, 0.3) is 21.9 Å². The van der Waals surface area contributed by atoms with Gasteiger partial charge in [0.15, 0.2) is 5.58 Å². The van der Waals surface area contributed by atoms with Gasteiger partial charge in [-0.05, 0) is 26.0 Å². The average Bonchev–Trinajstić information content (AvgIpc) is 3.11. The Labute approximate surface area is 123 Å². The third-order valence-corrected chi connectivity index (χ3v) is 3.93. The van der Waals surface area contributed by atoms with Crippen LogP contribution in [0.15, 0.2) is 52.0 Å². The zero-order chi connectivity index (χ0) is 14.4. The SMILES string of the molecule is CC(C)N1CN(c2cccc3c2oc2ccccc23)C=N1. The molecule has 4 rings (SSSR count). The molecule has 1 aromatic heterocycles. The molecule has 3 aromatic rings. The third kappa shape index (κ3) is 1.87. The minimum Gasteiger partial charge on any atom is -0.454 e. The van der Waals surface area contributed by atoms with Crippen molar-refractivity contribution < 1.29 is 4.42 Å². The minimum atomic E-state index is 0.390. The summed E-state index contributed by atoms with van der Waals surface area (Å²) < 4.78 is 6.07. The molecule has 4 heteroatoms. The molecule has 0 amide bonds. The van der Waals surface area contributed by atoms with Crippen LogP contribution in [0.5, 0.6) is 0 Å². The molecule has 21 heavy (non-hydrogen) atoms. The van der Waals surface area contributed by atoms with Gasteiger partial charge in [-0.25, -0.2) is 0 Å². The van der Waals surface area contributed by atoms with E-state index in [1.54, 1.807) is 0 Å². The van der Waals surface area contributed by atoms with Gasteiger partial charge in [0.05, 0.1) is 5.69 Å². The first-order valence-electron chi connectivity index (χ1n) is 7.21. The van der Waals surface area contributed by atoms with Crippen LogP contribution in [-0.4, -0.2) is 24.1 Å². The summed E-state index contributed by atoms with van der Waals surface area (Å²) in [5.41, 5.74) is 2.92. The Morgan fingerprint density at radius 2 is 1.86 bits per heavy atom. The van der Waals surface area contributed by atoms with Gasteiger partial charge < -0.3 is 9.32 Å². The molecule has 0 fully saturated rings. The van der Waals surface area contributed by atoms with Gasteiger partial charge in [0.25, 0.3) is 0 Å². The summed E-state index contributed by atoms with van der Waals surface area (Å²) in [6, 6.07) is 14.8. The Hall–Kier alpha value is -2.49. The first kappa shape index (κ1) is 12.3. The van der Waals surface area contributed by atoms with E-state index in [-0.39, 0.29) is 0 Å². The lowest BCUT2D eigenvalue weighted by molar-refractivity contribution is 0.258. The number of fused-ring (bicyclic) bond motifs is 3. The molecular formula is C17H17N3O. The van der Waals surface area contributed by atoms with Gasteiger partial charge in [0, 0.05) is 16.8 Å². The minimum absolute atomic E-state index is 0.390. The summed E-state index contributed by atoms with van der Waals surface area (Å²) in [7, 11) is 0. The molecule has 106 valence electrons. The summed E-state index contributed by atoms with van der Waals surface area (Å²) in [4.78, 5) is 2.13. The third-order valence-electron chi connectivity index (χ3n) is 3.93. The summed E-state index contributed by atoms with van der Waals surface area (Å²) in [6.07, 6.45) is 1.88. The number of hydrogen-bond acceptors (Lipinski definition) is 4. The maximum absolute atomic E-state index is 6.07. The number of hydrazone groups is 1. The van der Waals surface area contributed by atoms with Crippen LogP contribution in [0.4, 0.5) is 5.69 Å². The van der Waals surface area contributed by atoms with Crippen molar-refractivity contribution >= 4 is 34.0 Å². The van der Waals surface area contributed by atoms with Gasteiger partial charge in [-0.15, -0.1) is 0 Å². The van der Waals surface area contributed by atoms with E-state index in [0.717, 1.165) is 34.3 Å². The highest BCUT2D eigenvalue weighted by Crippen LogP contribution is 2.35. The fourth-order valence-corrected chi connectivity index (χ4v) is 2.75. The van der Waals surface area contributed by atoms with E-state index in [1.165, 1.54) is 0 Å². The van der Waals surface area contributed by atoms with Crippen LogP contribution in [0, 0.1) is 0 Å². The lowest BCUT2D eigenvalue weighted by atomic mass is 10.1. The van der Waals surface area contributed by atoms with Gasteiger partial charge in [-0.3, -0.25) is 5.01 Å². The Kier molecular flexibility index (Phi) is 2.64. The van der Waals surface area contributed by atoms with Crippen molar-refractivity contribution in [1.82, 2.24) is 5.01 Å². The highest BCUT2D eigenvalue weighted by Gasteiger charge is 2.21. The van der Waals surface area contributed by atoms with Gasteiger partial charge in [0.2, 0.25) is 0 Å². The largest absolute Gasteiger partial charge is 0.454 e. The van der Waals surface area contributed by atoms with Crippen molar-refractivity contribution in [2.45, 2.75) is 19.9 Å². The van der Waals surface area contributed by atoms with Crippen molar-refractivity contribution in [2.75, 3.05) is 11.6 Å². The smallest absolute Gasteiger partial charge is 0.159 e. The quantitative estimate of drug-likeness (QED) is 0.710. The van der Waals surface area contributed by atoms with Crippen LogP contribution in [0.1, 0.15) is 13.8 Å². The van der Waals surface area contributed by atoms with E-state index in [4.69, 9.17) is 4.42 Å². The standard InChI is InChI=1S/C17H17N3O/c1-12(2)20-11-19(10-18-20)15-8-5-7-14-13-6-3-4-9-16(13)21-17(14)15/h3-10,12H,11H2,1-2H3. The molecule has 4 nitrogen and oxygen atoms in total. The zero-order valence-corrected chi connectivity index (χ0v) is 12.2. The van der Waals surface area contributed by atoms with E-state index in [2.05, 4.69) is 53.1 Å². The van der Waals surface area contributed by atoms with Crippen LogP contribution >= 0.6 is 0 Å². The number of para-hydroxylation sites is 2. The van der Waals surface area contributed by atoms with Crippen molar-refractivity contribution in [1.29, 1.82) is 0 Å². The Bertz CT molecular complexity index is 834. The highest BCUT2D eigenvalue weighted by atomic mass is 16.3. The fraction of sp³-hybridized carbons (Fsp3) is 0.235. The molecule has 0 saturated carbocycles. The Morgan fingerprint density at radius 1 is 1.05 bits per heavy atom.